The molecular weight excluding hydrogens is 364 g/mol. The van der Waals surface area contributed by atoms with E-state index in [0.29, 0.717) is 5.56 Å². The number of nitrogens with one attached hydrogen (secondary N) is 1. The van der Waals surface area contributed by atoms with Crippen molar-refractivity contribution in [2.45, 2.75) is 13.8 Å². The van der Waals surface area contributed by atoms with Crippen LogP contribution in [0.15, 0.2) is 39.2 Å². The van der Waals surface area contributed by atoms with E-state index in [2.05, 4.69) is 31.4 Å². The van der Waals surface area contributed by atoms with E-state index in [1.165, 1.54) is 0 Å². The number of hydrogen-bond donors (Lipinski definition) is 1. The fourth-order valence-corrected chi connectivity index (χ4v) is 3.52. The standard InChI is InChI=1S/C15H13BrN4OS/c1-9-8-22-15-18-10(2)13(20(9)15)7-17-19-14(21)11-5-3-4-6-12(11)16/h3-8H,1-2H3,(H,19,21)/b17-7-. The van der Waals surface area contributed by atoms with Gasteiger partial charge in [0, 0.05) is 15.5 Å². The summed E-state index contributed by atoms with van der Waals surface area (Å²) >= 11 is 4.93. The summed E-state index contributed by atoms with van der Waals surface area (Å²) in [4.78, 5) is 17.5. The number of fused-ring (bicyclic) bond motifs is 1. The van der Waals surface area contributed by atoms with Crippen LogP contribution in [0.5, 0.6) is 0 Å². The lowest BCUT2D eigenvalue weighted by atomic mass is 10.2. The molecule has 0 radical (unpaired) electrons. The average molecular weight is 377 g/mol. The van der Waals surface area contributed by atoms with Crippen molar-refractivity contribution in [3.05, 3.63) is 56.8 Å². The third-order valence-corrected chi connectivity index (χ3v) is 4.86. The number of hydrogen-bond acceptors (Lipinski definition) is 4. The quantitative estimate of drug-likeness (QED) is 0.561. The monoisotopic (exact) mass is 376 g/mol. The second-order valence-electron chi connectivity index (χ2n) is 4.76. The molecule has 0 saturated carbocycles. The molecular formula is C15H13BrN4OS. The molecule has 5 nitrogen and oxygen atoms in total. The van der Waals surface area contributed by atoms with E-state index in [9.17, 15) is 4.79 Å². The molecule has 1 amide bonds. The second kappa shape index (κ2) is 6.02. The first-order valence-electron chi connectivity index (χ1n) is 6.59. The molecule has 0 aliphatic rings. The van der Waals surface area contributed by atoms with Gasteiger partial charge in [-0.3, -0.25) is 9.20 Å². The smallest absolute Gasteiger partial charge is 0.272 e. The van der Waals surface area contributed by atoms with Gasteiger partial charge in [0.25, 0.3) is 5.91 Å². The summed E-state index contributed by atoms with van der Waals surface area (Å²) < 4.78 is 2.76. The molecule has 0 unspecified atom stereocenters. The molecule has 0 atom stereocenters. The van der Waals surface area contributed by atoms with Gasteiger partial charge in [-0.1, -0.05) is 12.1 Å². The number of nitrogens with zero attached hydrogens (tertiary/aromatic N) is 3. The summed E-state index contributed by atoms with van der Waals surface area (Å²) in [5, 5.41) is 6.10. The number of halogens is 1. The largest absolute Gasteiger partial charge is 0.286 e. The molecule has 3 aromatic rings. The van der Waals surface area contributed by atoms with E-state index in [1.807, 2.05) is 41.8 Å². The fraction of sp³-hybridized carbons (Fsp3) is 0.133. The van der Waals surface area contributed by atoms with Crippen molar-refractivity contribution >= 4 is 44.3 Å². The molecule has 0 fully saturated rings. The minimum absolute atomic E-state index is 0.260. The SMILES string of the molecule is Cc1nc2scc(C)n2c1/C=N\NC(=O)c1ccccc1Br. The normalized spacial score (nSPS) is 11.4. The highest BCUT2D eigenvalue weighted by Crippen LogP contribution is 2.19. The number of rotatable bonds is 3. The van der Waals surface area contributed by atoms with Crippen molar-refractivity contribution in [2.75, 3.05) is 0 Å². The summed E-state index contributed by atoms with van der Waals surface area (Å²) in [7, 11) is 0. The van der Waals surface area contributed by atoms with E-state index in [4.69, 9.17) is 0 Å². The van der Waals surface area contributed by atoms with Crippen molar-refractivity contribution in [1.82, 2.24) is 14.8 Å². The highest BCUT2D eigenvalue weighted by molar-refractivity contribution is 9.10. The van der Waals surface area contributed by atoms with Crippen molar-refractivity contribution in [3.63, 3.8) is 0 Å². The van der Waals surface area contributed by atoms with E-state index in [1.54, 1.807) is 23.6 Å². The number of hydrazone groups is 1. The summed E-state index contributed by atoms with van der Waals surface area (Å²) in [6.45, 7) is 3.94. The lowest BCUT2D eigenvalue weighted by Gasteiger charge is -2.02. The first-order chi connectivity index (χ1) is 10.6. The van der Waals surface area contributed by atoms with Gasteiger partial charge in [-0.25, -0.2) is 10.4 Å². The fourth-order valence-electron chi connectivity index (χ4n) is 2.13. The molecule has 2 aromatic heterocycles. The Kier molecular flexibility index (Phi) is 4.08. The van der Waals surface area contributed by atoms with Crippen LogP contribution in [0.4, 0.5) is 0 Å². The number of aromatic nitrogens is 2. The van der Waals surface area contributed by atoms with Gasteiger partial charge in [-0.2, -0.15) is 5.10 Å². The van der Waals surface area contributed by atoms with Gasteiger partial charge in [0.1, 0.15) is 0 Å². The third-order valence-electron chi connectivity index (χ3n) is 3.23. The van der Waals surface area contributed by atoms with Gasteiger partial charge in [-0.05, 0) is 41.9 Å². The van der Waals surface area contributed by atoms with E-state index < -0.39 is 0 Å². The van der Waals surface area contributed by atoms with Crippen LogP contribution in [-0.4, -0.2) is 21.5 Å². The predicted octanol–water partition coefficient (Wildman–Crippen LogP) is 3.54. The first-order valence-corrected chi connectivity index (χ1v) is 8.26. The second-order valence-corrected chi connectivity index (χ2v) is 6.45. The Labute approximate surface area is 139 Å². The summed E-state index contributed by atoms with van der Waals surface area (Å²) in [5.74, 6) is -0.260. The van der Waals surface area contributed by atoms with Crippen LogP contribution in [0, 0.1) is 13.8 Å². The highest BCUT2D eigenvalue weighted by atomic mass is 79.9. The summed E-state index contributed by atoms with van der Waals surface area (Å²) in [6.07, 6.45) is 1.63. The van der Waals surface area contributed by atoms with Gasteiger partial charge in [0.05, 0.1) is 23.2 Å². The lowest BCUT2D eigenvalue weighted by molar-refractivity contribution is 0.0954. The zero-order valence-corrected chi connectivity index (χ0v) is 14.4. The number of carbonyl (C=O) groups is 1. The van der Waals surface area contributed by atoms with E-state index in [0.717, 1.165) is 26.5 Å². The Morgan fingerprint density at radius 1 is 1.41 bits per heavy atom. The average Bonchev–Trinajstić information content (AvgIpc) is 3.00. The van der Waals surface area contributed by atoms with Crippen molar-refractivity contribution in [2.24, 2.45) is 5.10 Å². The van der Waals surface area contributed by atoms with Crippen molar-refractivity contribution in [1.29, 1.82) is 0 Å². The highest BCUT2D eigenvalue weighted by Gasteiger charge is 2.11. The molecule has 0 spiro atoms. The Morgan fingerprint density at radius 2 is 2.18 bits per heavy atom. The van der Waals surface area contributed by atoms with Gasteiger partial charge in [-0.15, -0.1) is 11.3 Å². The Balaban J connectivity index is 1.82. The van der Waals surface area contributed by atoms with Gasteiger partial charge >= 0.3 is 0 Å². The molecule has 7 heteroatoms. The molecule has 2 heterocycles. The minimum atomic E-state index is -0.260. The van der Waals surface area contributed by atoms with Crippen LogP contribution < -0.4 is 5.43 Å². The maximum atomic E-state index is 12.1. The molecule has 22 heavy (non-hydrogen) atoms. The Morgan fingerprint density at radius 3 is 2.95 bits per heavy atom. The van der Waals surface area contributed by atoms with Crippen molar-refractivity contribution < 1.29 is 4.79 Å². The number of amides is 1. The van der Waals surface area contributed by atoms with Crippen LogP contribution in [0.2, 0.25) is 0 Å². The Bertz CT molecular complexity index is 881. The molecule has 112 valence electrons. The zero-order valence-electron chi connectivity index (χ0n) is 12.0. The summed E-state index contributed by atoms with van der Waals surface area (Å²) in [5.41, 5.74) is 5.94. The molecule has 1 N–H and O–H groups in total. The van der Waals surface area contributed by atoms with Crippen LogP contribution in [0.3, 0.4) is 0 Å². The molecule has 0 saturated heterocycles. The molecule has 0 aliphatic heterocycles. The topological polar surface area (TPSA) is 58.8 Å². The van der Waals surface area contributed by atoms with Crippen LogP contribution >= 0.6 is 27.3 Å². The number of thiazole rings is 1. The van der Waals surface area contributed by atoms with E-state index in [-0.39, 0.29) is 5.91 Å². The Hall–Kier alpha value is -1.99. The van der Waals surface area contributed by atoms with E-state index >= 15 is 0 Å². The molecule has 3 rings (SSSR count). The van der Waals surface area contributed by atoms with Crippen molar-refractivity contribution in [3.8, 4) is 0 Å². The zero-order chi connectivity index (χ0) is 15.7. The van der Waals surface area contributed by atoms with Gasteiger partial charge in [0.2, 0.25) is 0 Å². The molecule has 1 aromatic carbocycles. The summed E-state index contributed by atoms with van der Waals surface area (Å²) in [6, 6.07) is 7.22. The molecule has 0 aliphatic carbocycles. The van der Waals surface area contributed by atoms with Gasteiger partial charge < -0.3 is 0 Å². The number of carbonyl (C=O) groups excluding carboxylic acids is 1. The number of benzene rings is 1. The molecule has 0 bridgehead atoms. The maximum Gasteiger partial charge on any atom is 0.272 e. The lowest BCUT2D eigenvalue weighted by Crippen LogP contribution is -2.18. The maximum absolute atomic E-state index is 12.1. The number of aryl methyl sites for hydroxylation is 2. The van der Waals surface area contributed by atoms with Gasteiger partial charge in [0.15, 0.2) is 4.96 Å². The van der Waals surface area contributed by atoms with Crippen LogP contribution in [0.1, 0.15) is 27.4 Å². The van der Waals surface area contributed by atoms with Crippen LogP contribution in [0.25, 0.3) is 4.96 Å². The number of imidazole rings is 1. The van der Waals surface area contributed by atoms with Crippen LogP contribution in [-0.2, 0) is 0 Å². The predicted molar refractivity (Wildman–Crippen MR) is 91.7 cm³/mol. The first kappa shape index (κ1) is 14.9. The minimum Gasteiger partial charge on any atom is -0.286 e. The third kappa shape index (κ3) is 2.69.